The predicted molar refractivity (Wildman–Crippen MR) is 79.8 cm³/mol. The number of aryl methyl sites for hydroxylation is 1. The molecule has 106 valence electrons. The Hall–Kier alpha value is -1.77. The second-order valence-electron chi connectivity index (χ2n) is 5.58. The fourth-order valence-corrected chi connectivity index (χ4v) is 3.20. The number of esters is 1. The van der Waals surface area contributed by atoms with Crippen LogP contribution in [0.5, 0.6) is 0 Å². The van der Waals surface area contributed by atoms with Crippen molar-refractivity contribution in [1.29, 1.82) is 0 Å². The Balaban J connectivity index is 1.93. The molecule has 3 rings (SSSR count). The molecule has 1 unspecified atom stereocenters. The van der Waals surface area contributed by atoms with Crippen molar-refractivity contribution in [2.45, 2.75) is 45.1 Å². The molecule has 1 atom stereocenters. The lowest BCUT2D eigenvalue weighted by molar-refractivity contribution is 0.0358. The molecule has 0 amide bonds. The Labute approximate surface area is 119 Å². The molecule has 3 heteroatoms. The molecule has 2 heterocycles. The Morgan fingerprint density at radius 2 is 2.00 bits per heavy atom. The highest BCUT2D eigenvalue weighted by atomic mass is 16.5. The van der Waals surface area contributed by atoms with Crippen LogP contribution >= 0.6 is 0 Å². The summed E-state index contributed by atoms with van der Waals surface area (Å²) in [5.74, 6) is -0.167. The monoisotopic (exact) mass is 271 g/mol. The second-order valence-corrected chi connectivity index (χ2v) is 5.58. The van der Waals surface area contributed by atoms with Gasteiger partial charge in [-0.05, 0) is 18.9 Å². The summed E-state index contributed by atoms with van der Waals surface area (Å²) in [4.78, 5) is 12.1. The summed E-state index contributed by atoms with van der Waals surface area (Å²) in [5.41, 5.74) is 2.96. The van der Waals surface area contributed by atoms with Gasteiger partial charge in [-0.3, -0.25) is 0 Å². The minimum atomic E-state index is -0.167. The first kappa shape index (κ1) is 13.2. The van der Waals surface area contributed by atoms with E-state index in [1.54, 1.807) is 0 Å². The molecule has 0 aliphatic carbocycles. The number of aromatic nitrogens is 1. The van der Waals surface area contributed by atoms with E-state index < -0.39 is 0 Å². The molecule has 20 heavy (non-hydrogen) atoms. The summed E-state index contributed by atoms with van der Waals surface area (Å²) in [7, 11) is 1.95. The number of fused-ring (bicyclic) bond motifs is 3. The number of hydrogen-bond acceptors (Lipinski definition) is 2. The summed E-state index contributed by atoms with van der Waals surface area (Å²) in [6.45, 7) is 2.21. The van der Waals surface area contributed by atoms with Gasteiger partial charge in [0.15, 0.2) is 0 Å². The zero-order valence-electron chi connectivity index (χ0n) is 12.2. The summed E-state index contributed by atoms with van der Waals surface area (Å²) < 4.78 is 7.55. The Bertz CT molecular complexity index is 642. The smallest absolute Gasteiger partial charge is 0.356 e. The lowest BCUT2D eigenvalue weighted by Crippen LogP contribution is -2.04. The molecule has 0 saturated carbocycles. The minimum absolute atomic E-state index is 0.0551. The summed E-state index contributed by atoms with van der Waals surface area (Å²) in [6, 6.07) is 8.20. The van der Waals surface area contributed by atoms with E-state index in [9.17, 15) is 4.79 Å². The van der Waals surface area contributed by atoms with Gasteiger partial charge in [-0.15, -0.1) is 0 Å². The third-order valence-corrected chi connectivity index (χ3v) is 4.23. The Morgan fingerprint density at radius 1 is 1.20 bits per heavy atom. The number of carbonyl (C=O) groups excluding carboxylic acids is 1. The van der Waals surface area contributed by atoms with Crippen LogP contribution in [0.1, 0.15) is 61.2 Å². The average Bonchev–Trinajstić information content (AvgIpc) is 2.94. The van der Waals surface area contributed by atoms with E-state index in [-0.39, 0.29) is 12.1 Å². The van der Waals surface area contributed by atoms with Crippen molar-refractivity contribution in [1.82, 2.24) is 4.57 Å². The molecular weight excluding hydrogens is 250 g/mol. The lowest BCUT2D eigenvalue weighted by Gasteiger charge is -2.10. The minimum Gasteiger partial charge on any atom is -0.453 e. The van der Waals surface area contributed by atoms with Gasteiger partial charge in [-0.1, -0.05) is 44.4 Å². The largest absolute Gasteiger partial charge is 0.453 e. The predicted octanol–water partition coefficient (Wildman–Crippen LogP) is 4.36. The molecule has 0 saturated heterocycles. The van der Waals surface area contributed by atoms with Gasteiger partial charge in [0.1, 0.15) is 11.8 Å². The standard InChI is InChI=1S/C17H21NO2/c1-3-4-5-6-11-14-15-12-9-7-8-10-13(12)18(2)16(15)17(19)20-14/h7-10,14H,3-6,11H2,1-2H3. The van der Waals surface area contributed by atoms with Crippen molar-refractivity contribution < 1.29 is 9.53 Å². The number of para-hydroxylation sites is 1. The number of hydrogen-bond donors (Lipinski definition) is 0. The van der Waals surface area contributed by atoms with Gasteiger partial charge in [0.05, 0.1) is 0 Å². The maximum atomic E-state index is 12.1. The zero-order valence-corrected chi connectivity index (χ0v) is 12.2. The van der Waals surface area contributed by atoms with Crippen molar-refractivity contribution in [3.8, 4) is 0 Å². The molecule has 2 aromatic rings. The van der Waals surface area contributed by atoms with Gasteiger partial charge < -0.3 is 9.30 Å². The van der Waals surface area contributed by atoms with Gasteiger partial charge in [-0.25, -0.2) is 4.79 Å². The van der Waals surface area contributed by atoms with Crippen molar-refractivity contribution in [2.75, 3.05) is 0 Å². The number of benzene rings is 1. The molecule has 0 radical (unpaired) electrons. The van der Waals surface area contributed by atoms with Crippen molar-refractivity contribution in [3.05, 3.63) is 35.5 Å². The first-order valence-corrected chi connectivity index (χ1v) is 7.52. The van der Waals surface area contributed by atoms with Crippen molar-refractivity contribution in [3.63, 3.8) is 0 Å². The number of cyclic esters (lactones) is 1. The van der Waals surface area contributed by atoms with E-state index in [1.165, 1.54) is 19.3 Å². The molecule has 0 spiro atoms. The zero-order chi connectivity index (χ0) is 14.1. The van der Waals surface area contributed by atoms with Crippen molar-refractivity contribution in [2.24, 2.45) is 7.05 Å². The van der Waals surface area contributed by atoms with E-state index in [0.29, 0.717) is 0 Å². The van der Waals surface area contributed by atoms with Crippen LogP contribution < -0.4 is 0 Å². The van der Waals surface area contributed by atoms with E-state index in [0.717, 1.165) is 35.0 Å². The number of rotatable bonds is 5. The maximum absolute atomic E-state index is 12.1. The molecule has 1 aromatic carbocycles. The molecule has 1 aromatic heterocycles. The summed E-state index contributed by atoms with van der Waals surface area (Å²) in [5, 5.41) is 1.16. The van der Waals surface area contributed by atoms with Gasteiger partial charge in [0.25, 0.3) is 0 Å². The van der Waals surface area contributed by atoms with Crippen LogP contribution in [0.25, 0.3) is 10.9 Å². The average molecular weight is 271 g/mol. The van der Waals surface area contributed by atoms with Crippen LogP contribution in [0.3, 0.4) is 0 Å². The quantitative estimate of drug-likeness (QED) is 0.597. The highest BCUT2D eigenvalue weighted by molar-refractivity contribution is 6.02. The fraction of sp³-hybridized carbons (Fsp3) is 0.471. The van der Waals surface area contributed by atoms with Crippen LogP contribution in [0.15, 0.2) is 24.3 Å². The first-order valence-electron chi connectivity index (χ1n) is 7.52. The van der Waals surface area contributed by atoms with Gasteiger partial charge in [0.2, 0.25) is 0 Å². The van der Waals surface area contributed by atoms with E-state index in [1.807, 2.05) is 23.7 Å². The van der Waals surface area contributed by atoms with Gasteiger partial charge >= 0.3 is 5.97 Å². The Morgan fingerprint density at radius 3 is 2.80 bits per heavy atom. The number of carbonyl (C=O) groups is 1. The molecule has 0 fully saturated rings. The third kappa shape index (κ3) is 2.01. The van der Waals surface area contributed by atoms with Crippen LogP contribution in [-0.4, -0.2) is 10.5 Å². The number of unbranched alkanes of at least 4 members (excludes halogenated alkanes) is 3. The second kappa shape index (κ2) is 5.31. The third-order valence-electron chi connectivity index (χ3n) is 4.23. The van der Waals surface area contributed by atoms with E-state index in [2.05, 4.69) is 19.1 Å². The maximum Gasteiger partial charge on any atom is 0.356 e. The van der Waals surface area contributed by atoms with E-state index in [4.69, 9.17) is 4.74 Å². The fourth-order valence-electron chi connectivity index (χ4n) is 3.20. The number of ether oxygens (including phenoxy) is 1. The van der Waals surface area contributed by atoms with Crippen LogP contribution in [0.2, 0.25) is 0 Å². The Kier molecular flexibility index (Phi) is 3.51. The molecule has 1 aliphatic heterocycles. The normalized spacial score (nSPS) is 17.5. The molecule has 1 aliphatic rings. The highest BCUT2D eigenvalue weighted by Gasteiger charge is 2.36. The summed E-state index contributed by atoms with van der Waals surface area (Å²) in [6.07, 6.45) is 5.69. The number of nitrogens with zero attached hydrogens (tertiary/aromatic N) is 1. The van der Waals surface area contributed by atoms with Gasteiger partial charge in [0, 0.05) is 23.5 Å². The molecule has 0 N–H and O–H groups in total. The molecule has 3 nitrogen and oxygen atoms in total. The van der Waals surface area contributed by atoms with Gasteiger partial charge in [-0.2, -0.15) is 0 Å². The highest BCUT2D eigenvalue weighted by Crippen LogP contribution is 2.40. The molecular formula is C17H21NO2. The van der Waals surface area contributed by atoms with Crippen molar-refractivity contribution >= 4 is 16.9 Å². The lowest BCUT2D eigenvalue weighted by atomic mass is 10.0. The van der Waals surface area contributed by atoms with E-state index >= 15 is 0 Å². The van der Waals surface area contributed by atoms with Crippen LogP contribution in [0, 0.1) is 0 Å². The van der Waals surface area contributed by atoms with Crippen LogP contribution in [0.4, 0.5) is 0 Å². The van der Waals surface area contributed by atoms with Crippen LogP contribution in [-0.2, 0) is 11.8 Å². The topological polar surface area (TPSA) is 31.2 Å². The SMILES string of the molecule is CCCCCCC1OC(=O)c2c1c1ccccc1n2C. The summed E-state index contributed by atoms with van der Waals surface area (Å²) >= 11 is 0. The molecule has 0 bridgehead atoms. The first-order chi connectivity index (χ1) is 9.74.